The quantitative estimate of drug-likeness (QED) is 0.833. The fourth-order valence-electron chi connectivity index (χ4n) is 2.37. The third-order valence-electron chi connectivity index (χ3n) is 3.33. The van der Waals surface area contributed by atoms with E-state index in [-0.39, 0.29) is 12.1 Å². The van der Waals surface area contributed by atoms with E-state index in [2.05, 4.69) is 15.5 Å². The topological polar surface area (TPSA) is 71.2 Å². The van der Waals surface area contributed by atoms with E-state index in [4.69, 9.17) is 4.52 Å². The molecule has 0 aromatic carbocycles. The first-order valence-corrected chi connectivity index (χ1v) is 7.24. The van der Waals surface area contributed by atoms with Gasteiger partial charge in [-0.3, -0.25) is 0 Å². The Kier molecular flexibility index (Phi) is 3.35. The van der Waals surface area contributed by atoms with Crippen molar-refractivity contribution in [3.8, 4) is 0 Å². The summed E-state index contributed by atoms with van der Waals surface area (Å²) in [5.41, 5.74) is 0. The maximum atomic E-state index is 9.46. The third-order valence-corrected chi connectivity index (χ3v) is 4.70. The zero-order valence-corrected chi connectivity index (χ0v) is 10.4. The van der Waals surface area contributed by atoms with Crippen molar-refractivity contribution >= 4 is 11.8 Å². The van der Waals surface area contributed by atoms with Crippen LogP contribution in [0.5, 0.6) is 0 Å². The lowest BCUT2D eigenvalue weighted by Gasteiger charge is -2.17. The maximum Gasteiger partial charge on any atom is 0.243 e. The first-order valence-electron chi connectivity index (χ1n) is 6.19. The first-order chi connectivity index (χ1) is 8.33. The molecular formula is C11H17N3O2S. The average molecular weight is 255 g/mol. The second kappa shape index (κ2) is 4.96. The van der Waals surface area contributed by atoms with Crippen LogP contribution in [0.25, 0.3) is 0 Å². The number of aliphatic hydroxyl groups excluding tert-OH is 1. The van der Waals surface area contributed by atoms with E-state index < -0.39 is 0 Å². The molecule has 0 radical (unpaired) electrons. The lowest BCUT2D eigenvalue weighted by molar-refractivity contribution is 0.191. The fraction of sp³-hybridized carbons (Fsp3) is 0.818. The van der Waals surface area contributed by atoms with Gasteiger partial charge in [-0.15, -0.1) is 0 Å². The molecular weight excluding hydrogens is 238 g/mol. The van der Waals surface area contributed by atoms with Gasteiger partial charge in [0, 0.05) is 6.54 Å². The predicted molar refractivity (Wildman–Crippen MR) is 64.7 cm³/mol. The maximum absolute atomic E-state index is 9.46. The fourth-order valence-corrected chi connectivity index (χ4v) is 3.60. The Morgan fingerprint density at radius 2 is 2.35 bits per heavy atom. The standard InChI is InChI=1S/C11H17N3O2S/c15-7-5-8(12-6-7)11-13-10(14-16-11)9-3-1-2-4-17-9/h7-9,12,15H,1-6H2/t7-,8+,9?/m1/s1. The van der Waals surface area contributed by atoms with Crippen molar-refractivity contribution in [2.45, 2.75) is 43.1 Å². The number of nitrogens with zero attached hydrogens (tertiary/aromatic N) is 2. The molecule has 3 atom stereocenters. The molecule has 6 heteroatoms. The molecule has 3 rings (SSSR count). The largest absolute Gasteiger partial charge is 0.392 e. The minimum atomic E-state index is -0.292. The van der Waals surface area contributed by atoms with Crippen molar-refractivity contribution < 1.29 is 9.63 Å². The first kappa shape index (κ1) is 11.5. The summed E-state index contributed by atoms with van der Waals surface area (Å²) in [4.78, 5) is 4.48. The normalized spacial score (nSPS) is 34.1. The van der Waals surface area contributed by atoms with Crippen LogP contribution in [0.4, 0.5) is 0 Å². The lowest BCUT2D eigenvalue weighted by Crippen LogP contribution is -2.15. The number of aliphatic hydroxyl groups is 1. The van der Waals surface area contributed by atoms with E-state index in [1.165, 1.54) is 18.6 Å². The van der Waals surface area contributed by atoms with E-state index >= 15 is 0 Å². The molecule has 94 valence electrons. The third kappa shape index (κ3) is 2.48. The SMILES string of the molecule is O[C@H]1CN[C@H](c2nc(C3CCCCS3)no2)C1. The van der Waals surface area contributed by atoms with E-state index in [0.29, 0.717) is 24.1 Å². The van der Waals surface area contributed by atoms with Gasteiger partial charge in [-0.05, 0) is 25.0 Å². The predicted octanol–water partition coefficient (Wildman–Crippen LogP) is 1.42. The Morgan fingerprint density at radius 1 is 1.41 bits per heavy atom. The summed E-state index contributed by atoms with van der Waals surface area (Å²) in [6, 6.07) is 0.0276. The molecule has 5 nitrogen and oxygen atoms in total. The van der Waals surface area contributed by atoms with Gasteiger partial charge in [0.15, 0.2) is 5.82 Å². The molecule has 0 bridgehead atoms. The number of β-amino-alcohol motifs (C(OH)–C–C–N with tert-alkyl or cyclic N) is 1. The smallest absolute Gasteiger partial charge is 0.243 e. The van der Waals surface area contributed by atoms with Crippen molar-refractivity contribution in [3.05, 3.63) is 11.7 Å². The van der Waals surface area contributed by atoms with Crippen molar-refractivity contribution in [1.82, 2.24) is 15.5 Å². The van der Waals surface area contributed by atoms with Gasteiger partial charge in [-0.2, -0.15) is 16.7 Å². The molecule has 2 saturated heterocycles. The molecule has 0 saturated carbocycles. The lowest BCUT2D eigenvalue weighted by atomic mass is 10.2. The molecule has 1 aromatic heterocycles. The van der Waals surface area contributed by atoms with E-state index in [0.717, 1.165) is 12.2 Å². The van der Waals surface area contributed by atoms with Crippen molar-refractivity contribution in [2.24, 2.45) is 0 Å². The number of hydrogen-bond acceptors (Lipinski definition) is 6. The number of thioether (sulfide) groups is 1. The summed E-state index contributed by atoms with van der Waals surface area (Å²) in [6.07, 6.45) is 4.06. The molecule has 3 heterocycles. The van der Waals surface area contributed by atoms with Crippen LogP contribution in [0.3, 0.4) is 0 Å². The van der Waals surface area contributed by atoms with Crippen LogP contribution in [0.1, 0.15) is 48.7 Å². The summed E-state index contributed by atoms with van der Waals surface area (Å²) in [7, 11) is 0. The van der Waals surface area contributed by atoms with Gasteiger partial charge in [0.1, 0.15) is 0 Å². The van der Waals surface area contributed by atoms with Gasteiger partial charge in [0.05, 0.1) is 17.4 Å². The molecule has 17 heavy (non-hydrogen) atoms. The van der Waals surface area contributed by atoms with Crippen molar-refractivity contribution in [3.63, 3.8) is 0 Å². The van der Waals surface area contributed by atoms with Crippen LogP contribution in [0, 0.1) is 0 Å². The molecule has 0 spiro atoms. The minimum Gasteiger partial charge on any atom is -0.392 e. The number of aromatic nitrogens is 2. The van der Waals surface area contributed by atoms with E-state index in [9.17, 15) is 5.11 Å². The van der Waals surface area contributed by atoms with Gasteiger partial charge in [0.2, 0.25) is 5.89 Å². The number of rotatable bonds is 2. The van der Waals surface area contributed by atoms with E-state index in [1.807, 2.05) is 11.8 Å². The van der Waals surface area contributed by atoms with Gasteiger partial charge < -0.3 is 14.9 Å². The molecule has 2 aliphatic heterocycles. The van der Waals surface area contributed by atoms with Gasteiger partial charge in [0.25, 0.3) is 0 Å². The highest BCUT2D eigenvalue weighted by Gasteiger charge is 2.29. The zero-order valence-electron chi connectivity index (χ0n) is 9.63. The zero-order chi connectivity index (χ0) is 11.7. The second-order valence-electron chi connectivity index (χ2n) is 4.70. The van der Waals surface area contributed by atoms with Gasteiger partial charge in [-0.1, -0.05) is 11.6 Å². The summed E-state index contributed by atoms with van der Waals surface area (Å²) < 4.78 is 5.30. The average Bonchev–Trinajstić information content (AvgIpc) is 2.98. The highest BCUT2D eigenvalue weighted by Crippen LogP contribution is 2.37. The Bertz CT molecular complexity index is 359. The minimum absolute atomic E-state index is 0.0276. The highest BCUT2D eigenvalue weighted by atomic mass is 32.2. The molecule has 2 N–H and O–H groups in total. The molecule has 0 aliphatic carbocycles. The number of nitrogens with one attached hydrogen (secondary N) is 1. The van der Waals surface area contributed by atoms with Crippen molar-refractivity contribution in [2.75, 3.05) is 12.3 Å². The van der Waals surface area contributed by atoms with Crippen LogP contribution in [0.2, 0.25) is 0 Å². The van der Waals surface area contributed by atoms with Crippen LogP contribution in [-0.4, -0.2) is 33.6 Å². The monoisotopic (exact) mass is 255 g/mol. The summed E-state index contributed by atoms with van der Waals surface area (Å²) in [6.45, 7) is 0.612. The van der Waals surface area contributed by atoms with Crippen LogP contribution < -0.4 is 5.32 Å². The van der Waals surface area contributed by atoms with Gasteiger partial charge >= 0.3 is 0 Å². The van der Waals surface area contributed by atoms with Crippen molar-refractivity contribution in [1.29, 1.82) is 0 Å². The van der Waals surface area contributed by atoms with Gasteiger partial charge in [-0.25, -0.2) is 0 Å². The summed E-state index contributed by atoms with van der Waals surface area (Å²) in [5.74, 6) is 2.64. The Hall–Kier alpha value is -0.590. The van der Waals surface area contributed by atoms with Crippen LogP contribution in [0.15, 0.2) is 4.52 Å². The summed E-state index contributed by atoms with van der Waals surface area (Å²) in [5, 5.41) is 17.1. The highest BCUT2D eigenvalue weighted by molar-refractivity contribution is 7.99. The molecule has 1 unspecified atom stereocenters. The molecule has 1 aromatic rings. The van der Waals surface area contributed by atoms with Crippen LogP contribution in [-0.2, 0) is 0 Å². The Morgan fingerprint density at radius 3 is 3.06 bits per heavy atom. The second-order valence-corrected chi connectivity index (χ2v) is 6.01. The Labute approximate surface area is 104 Å². The summed E-state index contributed by atoms with van der Waals surface area (Å²) >= 11 is 1.92. The molecule has 2 aliphatic rings. The number of hydrogen-bond donors (Lipinski definition) is 2. The van der Waals surface area contributed by atoms with E-state index in [1.54, 1.807) is 0 Å². The molecule has 0 amide bonds. The van der Waals surface area contributed by atoms with Crippen LogP contribution >= 0.6 is 11.8 Å². The Balaban J connectivity index is 1.69. The molecule has 2 fully saturated rings.